The van der Waals surface area contributed by atoms with Crippen molar-refractivity contribution in [2.45, 2.75) is 27.2 Å². The molecule has 0 fully saturated rings. The van der Waals surface area contributed by atoms with Crippen LogP contribution < -0.4 is 15.4 Å². The van der Waals surface area contributed by atoms with E-state index in [2.05, 4.69) is 20.6 Å². The van der Waals surface area contributed by atoms with Crippen molar-refractivity contribution in [1.29, 1.82) is 0 Å². The first-order chi connectivity index (χ1) is 8.69. The van der Waals surface area contributed by atoms with Crippen LogP contribution in [0.5, 0.6) is 5.88 Å². The SMILES string of the molecule is CCCNC(=O)CNc1ncnc(OCC)c1C. The van der Waals surface area contributed by atoms with Crippen molar-refractivity contribution >= 4 is 11.7 Å². The number of rotatable bonds is 7. The molecule has 1 heterocycles. The van der Waals surface area contributed by atoms with Crippen molar-refractivity contribution in [3.63, 3.8) is 0 Å². The number of ether oxygens (including phenoxy) is 1. The van der Waals surface area contributed by atoms with E-state index in [-0.39, 0.29) is 12.5 Å². The Labute approximate surface area is 107 Å². The van der Waals surface area contributed by atoms with Crippen LogP contribution in [-0.2, 0) is 4.79 Å². The molecule has 6 heteroatoms. The molecular weight excluding hydrogens is 232 g/mol. The van der Waals surface area contributed by atoms with Crippen molar-refractivity contribution < 1.29 is 9.53 Å². The van der Waals surface area contributed by atoms with E-state index in [1.54, 1.807) is 0 Å². The normalized spacial score (nSPS) is 9.94. The number of amides is 1. The standard InChI is InChI=1S/C12H20N4O2/c1-4-6-13-10(17)7-14-11-9(3)12(18-5-2)16-8-15-11/h8H,4-7H2,1-3H3,(H,13,17)(H,14,15,16). The van der Waals surface area contributed by atoms with E-state index in [0.717, 1.165) is 12.0 Å². The Balaban J connectivity index is 2.56. The highest BCUT2D eigenvalue weighted by Gasteiger charge is 2.08. The summed E-state index contributed by atoms with van der Waals surface area (Å²) in [6, 6.07) is 0. The van der Waals surface area contributed by atoms with Gasteiger partial charge in [-0.15, -0.1) is 0 Å². The molecule has 0 saturated heterocycles. The van der Waals surface area contributed by atoms with E-state index in [4.69, 9.17) is 4.74 Å². The van der Waals surface area contributed by atoms with E-state index in [9.17, 15) is 4.79 Å². The van der Waals surface area contributed by atoms with Crippen LogP contribution in [0.4, 0.5) is 5.82 Å². The molecule has 1 aromatic heterocycles. The molecule has 0 aromatic carbocycles. The molecule has 0 saturated carbocycles. The van der Waals surface area contributed by atoms with Gasteiger partial charge in [-0.1, -0.05) is 6.92 Å². The Morgan fingerprint density at radius 1 is 1.39 bits per heavy atom. The number of hydrogen-bond acceptors (Lipinski definition) is 5. The van der Waals surface area contributed by atoms with Crippen molar-refractivity contribution in [1.82, 2.24) is 15.3 Å². The minimum absolute atomic E-state index is 0.0483. The van der Waals surface area contributed by atoms with Gasteiger partial charge in [0.15, 0.2) is 0 Å². The molecule has 2 N–H and O–H groups in total. The van der Waals surface area contributed by atoms with E-state index in [1.165, 1.54) is 6.33 Å². The van der Waals surface area contributed by atoms with Gasteiger partial charge in [0.1, 0.15) is 12.1 Å². The highest BCUT2D eigenvalue weighted by Crippen LogP contribution is 2.19. The molecule has 0 atom stereocenters. The zero-order valence-electron chi connectivity index (χ0n) is 11.1. The largest absolute Gasteiger partial charge is 0.478 e. The second kappa shape index (κ2) is 7.47. The molecular formula is C12H20N4O2. The van der Waals surface area contributed by atoms with Gasteiger partial charge in [0.05, 0.1) is 18.7 Å². The molecule has 0 radical (unpaired) electrons. The molecule has 0 unspecified atom stereocenters. The minimum atomic E-state index is -0.0483. The Bertz CT molecular complexity index is 396. The van der Waals surface area contributed by atoms with Crippen molar-refractivity contribution in [2.24, 2.45) is 0 Å². The van der Waals surface area contributed by atoms with Crippen LogP contribution in [0, 0.1) is 6.92 Å². The predicted octanol–water partition coefficient (Wildman–Crippen LogP) is 1.12. The van der Waals surface area contributed by atoms with Crippen molar-refractivity contribution in [3.8, 4) is 5.88 Å². The summed E-state index contributed by atoms with van der Waals surface area (Å²) < 4.78 is 5.36. The molecule has 0 aliphatic carbocycles. The zero-order chi connectivity index (χ0) is 13.4. The maximum absolute atomic E-state index is 11.4. The highest BCUT2D eigenvalue weighted by atomic mass is 16.5. The van der Waals surface area contributed by atoms with Gasteiger partial charge in [-0.25, -0.2) is 9.97 Å². The smallest absolute Gasteiger partial charge is 0.239 e. The molecule has 0 bridgehead atoms. The van der Waals surface area contributed by atoms with Crippen LogP contribution in [0.3, 0.4) is 0 Å². The Morgan fingerprint density at radius 2 is 2.17 bits per heavy atom. The van der Waals surface area contributed by atoms with Crippen LogP contribution in [-0.4, -0.2) is 35.6 Å². The lowest BCUT2D eigenvalue weighted by molar-refractivity contribution is -0.119. The number of nitrogens with one attached hydrogen (secondary N) is 2. The lowest BCUT2D eigenvalue weighted by Crippen LogP contribution is -2.30. The van der Waals surface area contributed by atoms with E-state index in [0.29, 0.717) is 24.8 Å². The summed E-state index contributed by atoms with van der Waals surface area (Å²) in [5.74, 6) is 1.12. The number of hydrogen-bond donors (Lipinski definition) is 2. The Hall–Kier alpha value is -1.85. The number of anilines is 1. The summed E-state index contributed by atoms with van der Waals surface area (Å²) in [6.45, 7) is 7.20. The van der Waals surface area contributed by atoms with Crippen molar-refractivity contribution in [2.75, 3.05) is 25.0 Å². The monoisotopic (exact) mass is 252 g/mol. The van der Waals surface area contributed by atoms with Crippen LogP contribution in [0.15, 0.2) is 6.33 Å². The number of nitrogens with zero attached hydrogens (tertiary/aromatic N) is 2. The summed E-state index contributed by atoms with van der Waals surface area (Å²) in [5, 5.41) is 5.76. The third-order valence-corrected chi connectivity index (χ3v) is 2.31. The maximum Gasteiger partial charge on any atom is 0.239 e. The number of carbonyl (C=O) groups is 1. The van der Waals surface area contributed by atoms with Gasteiger partial charge in [0, 0.05) is 6.54 Å². The molecule has 1 rings (SSSR count). The summed E-state index contributed by atoms with van der Waals surface area (Å²) in [4.78, 5) is 19.6. The number of aromatic nitrogens is 2. The first-order valence-corrected chi connectivity index (χ1v) is 6.14. The maximum atomic E-state index is 11.4. The quantitative estimate of drug-likeness (QED) is 0.760. The summed E-state index contributed by atoms with van der Waals surface area (Å²) in [7, 11) is 0. The second-order valence-electron chi connectivity index (χ2n) is 3.79. The molecule has 100 valence electrons. The first-order valence-electron chi connectivity index (χ1n) is 6.14. The summed E-state index contributed by atoms with van der Waals surface area (Å²) in [5.41, 5.74) is 0.808. The second-order valence-corrected chi connectivity index (χ2v) is 3.79. The van der Waals surface area contributed by atoms with Crippen LogP contribution in [0.2, 0.25) is 0 Å². The lowest BCUT2D eigenvalue weighted by Gasteiger charge is -2.11. The summed E-state index contributed by atoms with van der Waals surface area (Å²) >= 11 is 0. The third kappa shape index (κ3) is 4.20. The molecule has 0 aliphatic rings. The third-order valence-electron chi connectivity index (χ3n) is 2.31. The van der Waals surface area contributed by atoms with Gasteiger partial charge < -0.3 is 15.4 Å². The van der Waals surface area contributed by atoms with Gasteiger partial charge in [0.25, 0.3) is 0 Å². The first kappa shape index (κ1) is 14.2. The minimum Gasteiger partial charge on any atom is -0.478 e. The van der Waals surface area contributed by atoms with E-state index >= 15 is 0 Å². The fourth-order valence-electron chi connectivity index (χ4n) is 1.39. The molecule has 1 amide bonds. The Kier molecular flexibility index (Phi) is 5.90. The van der Waals surface area contributed by atoms with Crippen LogP contribution >= 0.6 is 0 Å². The molecule has 0 spiro atoms. The van der Waals surface area contributed by atoms with Crippen LogP contribution in [0.1, 0.15) is 25.8 Å². The zero-order valence-corrected chi connectivity index (χ0v) is 11.1. The molecule has 1 aromatic rings. The molecule has 18 heavy (non-hydrogen) atoms. The van der Waals surface area contributed by atoms with Gasteiger partial charge in [-0.2, -0.15) is 0 Å². The highest BCUT2D eigenvalue weighted by molar-refractivity contribution is 5.80. The average molecular weight is 252 g/mol. The summed E-state index contributed by atoms with van der Waals surface area (Å²) in [6.07, 6.45) is 2.34. The van der Waals surface area contributed by atoms with Crippen molar-refractivity contribution in [3.05, 3.63) is 11.9 Å². The predicted molar refractivity (Wildman–Crippen MR) is 69.7 cm³/mol. The van der Waals surface area contributed by atoms with E-state index in [1.807, 2.05) is 20.8 Å². The lowest BCUT2D eigenvalue weighted by atomic mass is 10.3. The molecule has 0 aliphatic heterocycles. The van der Waals surface area contributed by atoms with Gasteiger partial charge in [-0.05, 0) is 20.3 Å². The topological polar surface area (TPSA) is 76.1 Å². The Morgan fingerprint density at radius 3 is 2.83 bits per heavy atom. The fraction of sp³-hybridized carbons (Fsp3) is 0.583. The van der Waals surface area contributed by atoms with Crippen LogP contribution in [0.25, 0.3) is 0 Å². The average Bonchev–Trinajstić information content (AvgIpc) is 2.37. The van der Waals surface area contributed by atoms with Gasteiger partial charge in [-0.3, -0.25) is 4.79 Å². The van der Waals surface area contributed by atoms with Gasteiger partial charge in [0.2, 0.25) is 11.8 Å². The van der Waals surface area contributed by atoms with Gasteiger partial charge >= 0.3 is 0 Å². The fourth-order valence-corrected chi connectivity index (χ4v) is 1.39. The molecule has 6 nitrogen and oxygen atoms in total. The number of carbonyl (C=O) groups excluding carboxylic acids is 1. The van der Waals surface area contributed by atoms with E-state index < -0.39 is 0 Å².